The Morgan fingerprint density at radius 2 is 1.68 bits per heavy atom. The highest BCUT2D eigenvalue weighted by molar-refractivity contribution is 5.73. The lowest BCUT2D eigenvalue weighted by atomic mass is 10.00. The molecule has 0 aromatic heterocycles. The number of ether oxygens (including phenoxy) is 3. The molecule has 1 saturated heterocycles. The van der Waals surface area contributed by atoms with Crippen LogP contribution < -0.4 is 5.32 Å². The molecule has 6 heteroatoms. The van der Waals surface area contributed by atoms with Crippen LogP contribution in [0.15, 0.2) is 60.7 Å². The normalized spacial score (nSPS) is 24.6. The second-order valence-electron chi connectivity index (χ2n) is 6.94. The minimum Gasteiger partial charge on any atom is -0.374 e. The summed E-state index contributed by atoms with van der Waals surface area (Å²) in [6.07, 6.45) is -1.37. The van der Waals surface area contributed by atoms with Crippen LogP contribution in [-0.4, -0.2) is 42.2 Å². The monoisotopic (exact) mass is 385 g/mol. The average molecular weight is 385 g/mol. The van der Waals surface area contributed by atoms with Gasteiger partial charge in [0.25, 0.3) is 0 Å². The number of benzene rings is 2. The summed E-state index contributed by atoms with van der Waals surface area (Å²) in [5.74, 6) is -0.215. The van der Waals surface area contributed by atoms with E-state index in [-0.39, 0.29) is 18.6 Å². The second kappa shape index (κ2) is 10.3. The van der Waals surface area contributed by atoms with Gasteiger partial charge in [-0.2, -0.15) is 0 Å². The van der Waals surface area contributed by atoms with Crippen LogP contribution in [0.25, 0.3) is 0 Å². The van der Waals surface area contributed by atoms with Crippen LogP contribution in [-0.2, 0) is 32.2 Å². The number of aliphatic hydroxyl groups excluding tert-OH is 1. The summed E-state index contributed by atoms with van der Waals surface area (Å²) < 4.78 is 17.6. The smallest absolute Gasteiger partial charge is 0.217 e. The molecular weight excluding hydrogens is 358 g/mol. The van der Waals surface area contributed by atoms with Crippen LogP contribution in [0.4, 0.5) is 0 Å². The summed E-state index contributed by atoms with van der Waals surface area (Å²) in [6, 6.07) is 19.2. The molecule has 6 nitrogen and oxygen atoms in total. The number of aliphatic hydroxyl groups is 1. The van der Waals surface area contributed by atoms with Gasteiger partial charge < -0.3 is 24.6 Å². The standard InChI is InChI=1S/C22H27NO5/c1-16(24)23-19-12-20(27-14-18-10-6-3-7-11-18)21(28-22(19)25)15-26-13-17-8-4-2-5-9-17/h2-11,19-22,25H,12-15H2,1H3,(H,23,24)/t19-,20-,21+,22+/m0/s1. The van der Waals surface area contributed by atoms with Crippen molar-refractivity contribution in [2.45, 2.75) is 51.1 Å². The molecule has 0 saturated carbocycles. The van der Waals surface area contributed by atoms with Gasteiger partial charge in [0.2, 0.25) is 5.91 Å². The number of hydrogen-bond acceptors (Lipinski definition) is 5. The lowest BCUT2D eigenvalue weighted by Gasteiger charge is -2.39. The zero-order valence-electron chi connectivity index (χ0n) is 16.0. The molecule has 3 rings (SSSR count). The molecule has 1 fully saturated rings. The minimum absolute atomic E-state index is 0.215. The molecule has 0 spiro atoms. The molecule has 4 atom stereocenters. The topological polar surface area (TPSA) is 77.0 Å². The summed E-state index contributed by atoms with van der Waals surface area (Å²) in [5.41, 5.74) is 2.12. The molecule has 2 N–H and O–H groups in total. The molecule has 0 bridgehead atoms. The van der Waals surface area contributed by atoms with Gasteiger partial charge in [-0.3, -0.25) is 4.79 Å². The number of carbonyl (C=O) groups is 1. The fourth-order valence-electron chi connectivity index (χ4n) is 3.24. The maximum absolute atomic E-state index is 11.4. The fraction of sp³-hybridized carbons (Fsp3) is 0.409. The summed E-state index contributed by atoms with van der Waals surface area (Å²) in [7, 11) is 0. The SMILES string of the molecule is CC(=O)N[C@H]1C[C@H](OCc2ccccc2)[C@@H](COCc2ccccc2)O[C@H]1O. The highest BCUT2D eigenvalue weighted by Gasteiger charge is 2.38. The van der Waals surface area contributed by atoms with Crippen LogP contribution in [0.3, 0.4) is 0 Å². The third-order valence-corrected chi connectivity index (χ3v) is 4.65. The molecule has 0 unspecified atom stereocenters. The van der Waals surface area contributed by atoms with Gasteiger partial charge in [0.1, 0.15) is 6.10 Å². The highest BCUT2D eigenvalue weighted by Crippen LogP contribution is 2.23. The van der Waals surface area contributed by atoms with E-state index in [1.165, 1.54) is 6.92 Å². The summed E-state index contributed by atoms with van der Waals surface area (Å²) in [4.78, 5) is 11.4. The quantitative estimate of drug-likeness (QED) is 0.730. The van der Waals surface area contributed by atoms with Crippen molar-refractivity contribution >= 4 is 5.91 Å². The van der Waals surface area contributed by atoms with Gasteiger partial charge in [-0.25, -0.2) is 0 Å². The lowest BCUT2D eigenvalue weighted by molar-refractivity contribution is -0.236. The Hall–Kier alpha value is -2.25. The van der Waals surface area contributed by atoms with Gasteiger partial charge in [0.15, 0.2) is 6.29 Å². The maximum Gasteiger partial charge on any atom is 0.217 e. The van der Waals surface area contributed by atoms with Crippen molar-refractivity contribution in [2.75, 3.05) is 6.61 Å². The largest absolute Gasteiger partial charge is 0.374 e. The predicted molar refractivity (Wildman–Crippen MR) is 104 cm³/mol. The van der Waals surface area contributed by atoms with Crippen molar-refractivity contribution in [3.8, 4) is 0 Å². The van der Waals surface area contributed by atoms with E-state index in [1.54, 1.807) is 0 Å². The molecule has 2 aromatic carbocycles. The van der Waals surface area contributed by atoms with Crippen LogP contribution in [0, 0.1) is 0 Å². The van der Waals surface area contributed by atoms with Gasteiger partial charge >= 0.3 is 0 Å². The van der Waals surface area contributed by atoms with Gasteiger partial charge in [-0.05, 0) is 11.1 Å². The summed E-state index contributed by atoms with van der Waals surface area (Å²) >= 11 is 0. The number of hydrogen-bond donors (Lipinski definition) is 2. The molecular formula is C22H27NO5. The molecule has 2 aromatic rings. The highest BCUT2D eigenvalue weighted by atomic mass is 16.6. The van der Waals surface area contributed by atoms with E-state index in [1.807, 2.05) is 60.7 Å². The first-order valence-electron chi connectivity index (χ1n) is 9.49. The Bertz CT molecular complexity index is 724. The van der Waals surface area contributed by atoms with Crippen LogP contribution in [0.1, 0.15) is 24.5 Å². The molecule has 28 heavy (non-hydrogen) atoms. The first-order valence-corrected chi connectivity index (χ1v) is 9.49. The molecule has 1 aliphatic heterocycles. The number of nitrogens with one attached hydrogen (secondary N) is 1. The van der Waals surface area contributed by atoms with Gasteiger partial charge in [0.05, 0.1) is 32.0 Å². The van der Waals surface area contributed by atoms with Crippen molar-refractivity contribution in [3.05, 3.63) is 71.8 Å². The molecule has 1 amide bonds. The van der Waals surface area contributed by atoms with Crippen molar-refractivity contribution in [1.29, 1.82) is 0 Å². The fourth-order valence-corrected chi connectivity index (χ4v) is 3.24. The Balaban J connectivity index is 1.59. The number of amides is 1. The summed E-state index contributed by atoms with van der Waals surface area (Å²) in [5, 5.41) is 13.0. The predicted octanol–water partition coefficient (Wildman–Crippen LogP) is 2.40. The molecule has 0 aliphatic carbocycles. The van der Waals surface area contributed by atoms with E-state index >= 15 is 0 Å². The van der Waals surface area contributed by atoms with Crippen molar-refractivity contribution < 1.29 is 24.1 Å². The molecule has 150 valence electrons. The molecule has 1 aliphatic rings. The Kier molecular flexibility index (Phi) is 7.56. The Morgan fingerprint density at radius 3 is 2.29 bits per heavy atom. The van der Waals surface area contributed by atoms with E-state index in [9.17, 15) is 9.90 Å². The Labute approximate surface area is 165 Å². The zero-order valence-corrected chi connectivity index (χ0v) is 16.0. The number of carbonyl (C=O) groups excluding carboxylic acids is 1. The van der Waals surface area contributed by atoms with E-state index in [2.05, 4.69) is 5.32 Å². The van der Waals surface area contributed by atoms with Crippen molar-refractivity contribution in [2.24, 2.45) is 0 Å². The first kappa shape index (κ1) is 20.5. The van der Waals surface area contributed by atoms with Crippen molar-refractivity contribution in [1.82, 2.24) is 5.32 Å². The first-order chi connectivity index (χ1) is 13.6. The van der Waals surface area contributed by atoms with Crippen LogP contribution in [0.2, 0.25) is 0 Å². The third kappa shape index (κ3) is 6.14. The van der Waals surface area contributed by atoms with E-state index in [0.717, 1.165) is 11.1 Å². The minimum atomic E-state index is -1.09. The van der Waals surface area contributed by atoms with Crippen LogP contribution >= 0.6 is 0 Å². The Morgan fingerprint density at radius 1 is 1.07 bits per heavy atom. The zero-order chi connectivity index (χ0) is 19.8. The maximum atomic E-state index is 11.4. The second-order valence-corrected chi connectivity index (χ2v) is 6.94. The van der Waals surface area contributed by atoms with E-state index in [4.69, 9.17) is 14.2 Å². The van der Waals surface area contributed by atoms with E-state index < -0.39 is 18.4 Å². The van der Waals surface area contributed by atoms with Gasteiger partial charge in [0, 0.05) is 13.3 Å². The third-order valence-electron chi connectivity index (χ3n) is 4.65. The van der Waals surface area contributed by atoms with Crippen molar-refractivity contribution in [3.63, 3.8) is 0 Å². The average Bonchev–Trinajstić information content (AvgIpc) is 2.70. The van der Waals surface area contributed by atoms with Crippen LogP contribution in [0.5, 0.6) is 0 Å². The van der Waals surface area contributed by atoms with E-state index in [0.29, 0.717) is 19.6 Å². The lowest BCUT2D eigenvalue weighted by Crippen LogP contribution is -2.55. The molecule has 0 radical (unpaired) electrons. The number of rotatable bonds is 8. The summed E-state index contributed by atoms with van der Waals surface area (Å²) in [6.45, 7) is 2.59. The van der Waals surface area contributed by atoms with Gasteiger partial charge in [-0.1, -0.05) is 60.7 Å². The van der Waals surface area contributed by atoms with Gasteiger partial charge in [-0.15, -0.1) is 0 Å². The molecule has 1 heterocycles.